The molecule has 1 aromatic carbocycles. The maximum absolute atomic E-state index is 5.33. The highest BCUT2D eigenvalue weighted by Gasteiger charge is 2.14. The van der Waals surface area contributed by atoms with Crippen LogP contribution in [-0.2, 0) is 27.4 Å². The smallest absolute Gasteiger partial charge is 0.271 e. The first kappa shape index (κ1) is 8.69. The molecular formula is C10H12O3. The standard InChI is InChI=1S/C10H12O3/c1-11-10-12-6-8-4-2-3-5-9(8)7-13-10/h2-5,10H,6-7H2,1H3. The first-order valence-electron chi connectivity index (χ1n) is 4.23. The van der Waals surface area contributed by atoms with E-state index in [-0.39, 0.29) is 0 Å². The van der Waals surface area contributed by atoms with E-state index in [9.17, 15) is 0 Å². The third-order valence-electron chi connectivity index (χ3n) is 2.06. The highest BCUT2D eigenvalue weighted by molar-refractivity contribution is 5.26. The molecule has 0 radical (unpaired) electrons. The summed E-state index contributed by atoms with van der Waals surface area (Å²) < 4.78 is 15.6. The number of ether oxygens (including phenoxy) is 3. The van der Waals surface area contributed by atoms with Gasteiger partial charge < -0.3 is 14.2 Å². The summed E-state index contributed by atoms with van der Waals surface area (Å²) in [6, 6.07) is 8.07. The molecule has 0 bridgehead atoms. The number of fused-ring (bicyclic) bond motifs is 1. The van der Waals surface area contributed by atoms with Crippen LogP contribution >= 0.6 is 0 Å². The maximum Gasteiger partial charge on any atom is 0.271 e. The normalized spacial score (nSPS) is 17.9. The minimum Gasteiger partial charge on any atom is -0.333 e. The Kier molecular flexibility index (Phi) is 2.59. The number of hydrogen-bond acceptors (Lipinski definition) is 3. The van der Waals surface area contributed by atoms with Crippen molar-refractivity contribution in [3.8, 4) is 0 Å². The SMILES string of the molecule is COC1OCc2ccccc2CO1. The average Bonchev–Trinajstić information content (AvgIpc) is 2.39. The number of methoxy groups -OCH3 is 1. The maximum atomic E-state index is 5.33. The topological polar surface area (TPSA) is 27.7 Å². The van der Waals surface area contributed by atoms with E-state index in [0.29, 0.717) is 13.2 Å². The fourth-order valence-electron chi connectivity index (χ4n) is 1.34. The molecule has 1 aliphatic rings. The second-order valence-electron chi connectivity index (χ2n) is 2.92. The van der Waals surface area contributed by atoms with Crippen LogP contribution < -0.4 is 0 Å². The van der Waals surface area contributed by atoms with Crippen molar-refractivity contribution in [1.29, 1.82) is 0 Å². The summed E-state index contributed by atoms with van der Waals surface area (Å²) >= 11 is 0. The lowest BCUT2D eigenvalue weighted by Gasteiger charge is -2.11. The molecule has 0 saturated heterocycles. The largest absolute Gasteiger partial charge is 0.333 e. The molecule has 2 rings (SSSR count). The zero-order valence-corrected chi connectivity index (χ0v) is 7.53. The molecule has 1 heterocycles. The van der Waals surface area contributed by atoms with Gasteiger partial charge in [0.2, 0.25) is 0 Å². The molecule has 70 valence electrons. The van der Waals surface area contributed by atoms with Crippen molar-refractivity contribution in [1.82, 2.24) is 0 Å². The second-order valence-corrected chi connectivity index (χ2v) is 2.92. The van der Waals surface area contributed by atoms with E-state index in [1.165, 1.54) is 11.1 Å². The fraction of sp³-hybridized carbons (Fsp3) is 0.400. The molecule has 0 spiro atoms. The lowest BCUT2D eigenvalue weighted by molar-refractivity contribution is -0.282. The van der Waals surface area contributed by atoms with Gasteiger partial charge in [-0.3, -0.25) is 0 Å². The summed E-state index contributed by atoms with van der Waals surface area (Å²) in [5.41, 5.74) is 2.34. The van der Waals surface area contributed by atoms with Crippen molar-refractivity contribution in [2.75, 3.05) is 7.11 Å². The van der Waals surface area contributed by atoms with Gasteiger partial charge >= 0.3 is 0 Å². The van der Waals surface area contributed by atoms with E-state index in [1.54, 1.807) is 7.11 Å². The average molecular weight is 180 g/mol. The van der Waals surface area contributed by atoms with Crippen LogP contribution in [0.2, 0.25) is 0 Å². The molecule has 1 aromatic rings. The zero-order chi connectivity index (χ0) is 9.10. The van der Waals surface area contributed by atoms with Gasteiger partial charge in [0.05, 0.1) is 13.2 Å². The Balaban J connectivity index is 2.17. The van der Waals surface area contributed by atoms with Gasteiger partial charge in [-0.15, -0.1) is 0 Å². The van der Waals surface area contributed by atoms with E-state index >= 15 is 0 Å². The van der Waals surface area contributed by atoms with Gasteiger partial charge in [-0.25, -0.2) is 0 Å². The minimum absolute atomic E-state index is 0.535. The van der Waals surface area contributed by atoms with Gasteiger partial charge in [-0.1, -0.05) is 24.3 Å². The van der Waals surface area contributed by atoms with Crippen molar-refractivity contribution in [3.05, 3.63) is 35.4 Å². The summed E-state index contributed by atoms with van der Waals surface area (Å²) in [4.78, 5) is 0. The van der Waals surface area contributed by atoms with Crippen molar-refractivity contribution in [3.63, 3.8) is 0 Å². The van der Waals surface area contributed by atoms with Crippen molar-refractivity contribution >= 4 is 0 Å². The molecule has 0 unspecified atom stereocenters. The molecule has 0 saturated carbocycles. The predicted molar refractivity (Wildman–Crippen MR) is 46.8 cm³/mol. The monoisotopic (exact) mass is 180 g/mol. The Morgan fingerprint density at radius 2 is 1.69 bits per heavy atom. The second kappa shape index (κ2) is 3.87. The van der Waals surface area contributed by atoms with E-state index in [1.807, 2.05) is 24.3 Å². The molecule has 13 heavy (non-hydrogen) atoms. The molecule has 0 N–H and O–H groups in total. The van der Waals surface area contributed by atoms with E-state index in [4.69, 9.17) is 14.2 Å². The molecule has 0 fully saturated rings. The molecule has 3 heteroatoms. The van der Waals surface area contributed by atoms with Crippen LogP contribution in [0.15, 0.2) is 24.3 Å². The first-order chi connectivity index (χ1) is 6.40. The Labute approximate surface area is 77.2 Å². The highest BCUT2D eigenvalue weighted by Crippen LogP contribution is 2.17. The first-order valence-corrected chi connectivity index (χ1v) is 4.23. The molecule has 0 aromatic heterocycles. The number of benzene rings is 1. The molecule has 0 atom stereocenters. The van der Waals surface area contributed by atoms with Gasteiger partial charge in [0.15, 0.2) is 0 Å². The van der Waals surface area contributed by atoms with E-state index in [2.05, 4.69) is 0 Å². The van der Waals surface area contributed by atoms with Crippen LogP contribution in [0.5, 0.6) is 0 Å². The predicted octanol–water partition coefficient (Wildman–Crippen LogP) is 1.66. The summed E-state index contributed by atoms with van der Waals surface area (Å²) in [7, 11) is 1.57. The Morgan fingerprint density at radius 1 is 1.15 bits per heavy atom. The lowest BCUT2D eigenvalue weighted by atomic mass is 10.1. The molecule has 0 amide bonds. The summed E-state index contributed by atoms with van der Waals surface area (Å²) in [5.74, 6) is 0. The van der Waals surface area contributed by atoms with Crippen molar-refractivity contribution in [2.45, 2.75) is 19.7 Å². The third kappa shape index (κ3) is 1.88. The minimum atomic E-state index is -0.535. The highest BCUT2D eigenvalue weighted by atomic mass is 16.8. The van der Waals surface area contributed by atoms with E-state index < -0.39 is 6.48 Å². The number of rotatable bonds is 1. The van der Waals surface area contributed by atoms with Crippen LogP contribution in [0.25, 0.3) is 0 Å². The van der Waals surface area contributed by atoms with Crippen LogP contribution in [0.3, 0.4) is 0 Å². The quantitative estimate of drug-likeness (QED) is 0.657. The molecule has 0 aliphatic carbocycles. The Bertz CT molecular complexity index is 258. The lowest BCUT2D eigenvalue weighted by Crippen LogP contribution is -2.16. The van der Waals surface area contributed by atoms with Gasteiger partial charge in [0.25, 0.3) is 6.48 Å². The van der Waals surface area contributed by atoms with Gasteiger partial charge in [0.1, 0.15) is 0 Å². The molecular weight excluding hydrogens is 168 g/mol. The fourth-order valence-corrected chi connectivity index (χ4v) is 1.34. The van der Waals surface area contributed by atoms with Crippen LogP contribution in [-0.4, -0.2) is 13.6 Å². The Morgan fingerprint density at radius 3 is 2.15 bits per heavy atom. The van der Waals surface area contributed by atoms with Crippen LogP contribution in [0.4, 0.5) is 0 Å². The van der Waals surface area contributed by atoms with Gasteiger partial charge in [-0.05, 0) is 11.1 Å². The summed E-state index contributed by atoms with van der Waals surface area (Å²) in [6.45, 7) is 0.566. The van der Waals surface area contributed by atoms with Crippen LogP contribution in [0, 0.1) is 0 Å². The van der Waals surface area contributed by atoms with Gasteiger partial charge in [-0.2, -0.15) is 0 Å². The molecule has 1 aliphatic heterocycles. The zero-order valence-electron chi connectivity index (χ0n) is 7.53. The Hall–Kier alpha value is -0.900. The van der Waals surface area contributed by atoms with Crippen LogP contribution in [0.1, 0.15) is 11.1 Å². The number of hydrogen-bond donors (Lipinski definition) is 0. The van der Waals surface area contributed by atoms with Crippen molar-refractivity contribution in [2.24, 2.45) is 0 Å². The van der Waals surface area contributed by atoms with E-state index in [0.717, 1.165) is 0 Å². The summed E-state index contributed by atoms with van der Waals surface area (Å²) in [5, 5.41) is 0. The van der Waals surface area contributed by atoms with Gasteiger partial charge in [0, 0.05) is 7.11 Å². The third-order valence-corrected chi connectivity index (χ3v) is 2.06. The van der Waals surface area contributed by atoms with Crippen molar-refractivity contribution < 1.29 is 14.2 Å². The molecule has 3 nitrogen and oxygen atoms in total. The summed E-state index contributed by atoms with van der Waals surface area (Å²) in [6.07, 6.45) is 0.